The highest BCUT2D eigenvalue weighted by Gasteiger charge is 2.20. The largest absolute Gasteiger partial charge is 0.398 e. The van der Waals surface area contributed by atoms with Gasteiger partial charge in [-0.25, -0.2) is 0 Å². The maximum Gasteiger partial charge on any atom is 0.251 e. The Hall–Kier alpha value is -1.56. The third kappa shape index (κ3) is 3.96. The maximum absolute atomic E-state index is 12.1. The first-order valence-corrected chi connectivity index (χ1v) is 7.34. The molecule has 0 spiro atoms. The summed E-state index contributed by atoms with van der Waals surface area (Å²) in [5, 5.41) is 2.70. The van der Waals surface area contributed by atoms with Gasteiger partial charge in [0.15, 0.2) is 0 Å². The van der Waals surface area contributed by atoms with Gasteiger partial charge in [0, 0.05) is 28.8 Å². The van der Waals surface area contributed by atoms with E-state index in [0.717, 1.165) is 0 Å². The van der Waals surface area contributed by atoms with Gasteiger partial charge in [0.05, 0.1) is 0 Å². The number of nitrogens with zero attached hydrogens (tertiary/aromatic N) is 1. The summed E-state index contributed by atoms with van der Waals surface area (Å²) in [6, 6.07) is 4.36. The lowest BCUT2D eigenvalue weighted by atomic mass is 10.1. The second kappa shape index (κ2) is 7.28. The van der Waals surface area contributed by atoms with Crippen molar-refractivity contribution in [1.29, 1.82) is 0 Å². The minimum absolute atomic E-state index is 0.0853. The van der Waals surface area contributed by atoms with Gasteiger partial charge in [0.25, 0.3) is 5.91 Å². The molecule has 2 amide bonds. The molecular weight excluding hydrogens is 322 g/mol. The summed E-state index contributed by atoms with van der Waals surface area (Å²) in [5.41, 5.74) is 6.70. The molecule has 110 valence electrons. The fourth-order valence-corrected chi connectivity index (χ4v) is 2.20. The van der Waals surface area contributed by atoms with E-state index in [1.54, 1.807) is 30.0 Å². The Labute approximate surface area is 127 Å². The molecule has 0 heterocycles. The number of nitrogens with one attached hydrogen (secondary N) is 1. The van der Waals surface area contributed by atoms with Crippen LogP contribution in [-0.4, -0.2) is 35.8 Å². The summed E-state index contributed by atoms with van der Waals surface area (Å²) in [6.07, 6.45) is 0. The zero-order chi connectivity index (χ0) is 15.3. The highest BCUT2D eigenvalue weighted by Crippen LogP contribution is 2.20. The van der Waals surface area contributed by atoms with Gasteiger partial charge >= 0.3 is 0 Å². The topological polar surface area (TPSA) is 75.4 Å². The lowest BCUT2D eigenvalue weighted by molar-refractivity contribution is -0.132. The van der Waals surface area contributed by atoms with Crippen LogP contribution in [0.5, 0.6) is 0 Å². The van der Waals surface area contributed by atoms with Crippen LogP contribution in [0.15, 0.2) is 22.7 Å². The average molecular weight is 342 g/mol. The minimum atomic E-state index is -0.557. The Morgan fingerprint density at radius 2 is 1.95 bits per heavy atom. The zero-order valence-corrected chi connectivity index (χ0v) is 13.5. The monoisotopic (exact) mass is 341 g/mol. The van der Waals surface area contributed by atoms with E-state index < -0.39 is 6.04 Å². The molecule has 1 rings (SSSR count). The number of carbonyl (C=O) groups is 2. The first-order chi connectivity index (χ1) is 9.40. The van der Waals surface area contributed by atoms with Gasteiger partial charge in [-0.2, -0.15) is 0 Å². The Balaban J connectivity index is 2.74. The highest BCUT2D eigenvalue weighted by molar-refractivity contribution is 9.10. The molecule has 6 heteroatoms. The van der Waals surface area contributed by atoms with E-state index in [-0.39, 0.29) is 11.8 Å². The van der Waals surface area contributed by atoms with E-state index in [1.165, 1.54) is 0 Å². The molecule has 0 fully saturated rings. The van der Waals surface area contributed by atoms with Crippen molar-refractivity contribution < 1.29 is 9.59 Å². The molecule has 1 unspecified atom stereocenters. The number of hydrogen-bond acceptors (Lipinski definition) is 3. The molecule has 0 aliphatic carbocycles. The first kappa shape index (κ1) is 16.5. The molecule has 0 bridgehead atoms. The van der Waals surface area contributed by atoms with Crippen molar-refractivity contribution in [3.8, 4) is 0 Å². The quantitative estimate of drug-likeness (QED) is 0.804. The van der Waals surface area contributed by atoms with Gasteiger partial charge in [-0.1, -0.05) is 0 Å². The third-order valence-corrected chi connectivity index (χ3v) is 3.74. The standard InChI is InChI=1S/C14H20BrN3O2/c1-4-18(5-2)14(20)9(3)17-13(19)10-6-7-12(16)11(15)8-10/h6-9H,4-5,16H2,1-3H3,(H,17,19). The molecule has 0 aliphatic rings. The van der Waals surface area contributed by atoms with Crippen molar-refractivity contribution in [2.75, 3.05) is 18.8 Å². The van der Waals surface area contributed by atoms with Crippen LogP contribution in [-0.2, 0) is 4.79 Å². The van der Waals surface area contributed by atoms with Crippen LogP contribution in [0.25, 0.3) is 0 Å². The van der Waals surface area contributed by atoms with Crippen molar-refractivity contribution in [2.45, 2.75) is 26.8 Å². The number of nitrogen functional groups attached to an aromatic ring is 1. The number of benzene rings is 1. The van der Waals surface area contributed by atoms with Gasteiger partial charge in [-0.3, -0.25) is 9.59 Å². The summed E-state index contributed by atoms with van der Waals surface area (Å²) in [6.45, 7) is 6.76. The van der Waals surface area contributed by atoms with Crippen molar-refractivity contribution in [3.63, 3.8) is 0 Å². The molecule has 0 aromatic heterocycles. The van der Waals surface area contributed by atoms with E-state index in [4.69, 9.17) is 5.73 Å². The highest BCUT2D eigenvalue weighted by atomic mass is 79.9. The second-order valence-corrected chi connectivity index (χ2v) is 5.30. The van der Waals surface area contributed by atoms with E-state index in [2.05, 4.69) is 21.2 Å². The van der Waals surface area contributed by atoms with E-state index >= 15 is 0 Å². The number of carbonyl (C=O) groups excluding carboxylic acids is 2. The number of halogens is 1. The van der Waals surface area contributed by atoms with E-state index in [0.29, 0.717) is 28.8 Å². The summed E-state index contributed by atoms with van der Waals surface area (Å²) < 4.78 is 0.660. The average Bonchev–Trinajstić information content (AvgIpc) is 2.42. The number of amides is 2. The molecule has 0 saturated heterocycles. The van der Waals surface area contributed by atoms with Gasteiger partial charge in [0.1, 0.15) is 6.04 Å². The Morgan fingerprint density at radius 1 is 1.35 bits per heavy atom. The molecule has 20 heavy (non-hydrogen) atoms. The molecular formula is C14H20BrN3O2. The van der Waals surface area contributed by atoms with Crippen molar-refractivity contribution in [1.82, 2.24) is 10.2 Å². The molecule has 1 aromatic rings. The number of rotatable bonds is 5. The van der Waals surface area contributed by atoms with Crippen molar-refractivity contribution in [3.05, 3.63) is 28.2 Å². The Kier molecular flexibility index (Phi) is 6.01. The minimum Gasteiger partial charge on any atom is -0.398 e. The third-order valence-electron chi connectivity index (χ3n) is 3.06. The molecule has 5 nitrogen and oxygen atoms in total. The zero-order valence-electron chi connectivity index (χ0n) is 11.9. The van der Waals surface area contributed by atoms with Crippen LogP contribution in [0.1, 0.15) is 31.1 Å². The van der Waals surface area contributed by atoms with Crippen LogP contribution in [0.2, 0.25) is 0 Å². The second-order valence-electron chi connectivity index (χ2n) is 4.44. The Morgan fingerprint density at radius 3 is 2.45 bits per heavy atom. The number of anilines is 1. The van der Waals surface area contributed by atoms with Gasteiger partial charge < -0.3 is 16.0 Å². The molecule has 3 N–H and O–H groups in total. The molecule has 1 aromatic carbocycles. The fraction of sp³-hybridized carbons (Fsp3) is 0.429. The smallest absolute Gasteiger partial charge is 0.251 e. The first-order valence-electron chi connectivity index (χ1n) is 6.55. The number of hydrogen-bond donors (Lipinski definition) is 2. The van der Waals surface area contributed by atoms with Crippen LogP contribution in [0, 0.1) is 0 Å². The number of nitrogens with two attached hydrogens (primary N) is 1. The fourth-order valence-electron chi connectivity index (χ4n) is 1.82. The van der Waals surface area contributed by atoms with E-state index in [9.17, 15) is 9.59 Å². The SMILES string of the molecule is CCN(CC)C(=O)C(C)NC(=O)c1ccc(N)c(Br)c1. The van der Waals surface area contributed by atoms with Gasteiger partial charge in [-0.15, -0.1) is 0 Å². The maximum atomic E-state index is 12.1. The predicted molar refractivity (Wildman–Crippen MR) is 83.4 cm³/mol. The normalized spacial score (nSPS) is 11.8. The van der Waals surface area contributed by atoms with Crippen LogP contribution in [0.3, 0.4) is 0 Å². The van der Waals surface area contributed by atoms with Crippen LogP contribution >= 0.6 is 15.9 Å². The van der Waals surface area contributed by atoms with Gasteiger partial charge in [-0.05, 0) is 54.9 Å². The summed E-state index contributed by atoms with van der Waals surface area (Å²) in [7, 11) is 0. The molecule has 1 atom stereocenters. The van der Waals surface area contributed by atoms with Crippen molar-refractivity contribution in [2.24, 2.45) is 0 Å². The summed E-state index contributed by atoms with van der Waals surface area (Å²) in [5.74, 6) is -0.378. The van der Waals surface area contributed by atoms with E-state index in [1.807, 2.05) is 13.8 Å². The lowest BCUT2D eigenvalue weighted by Crippen LogP contribution is -2.46. The Bertz CT molecular complexity index is 501. The molecule has 0 aliphatic heterocycles. The molecule has 0 saturated carbocycles. The number of likely N-dealkylation sites (N-methyl/N-ethyl adjacent to an activating group) is 1. The lowest BCUT2D eigenvalue weighted by Gasteiger charge is -2.23. The van der Waals surface area contributed by atoms with Crippen LogP contribution in [0.4, 0.5) is 5.69 Å². The van der Waals surface area contributed by atoms with Crippen molar-refractivity contribution >= 4 is 33.4 Å². The predicted octanol–water partition coefficient (Wildman–Crippen LogP) is 2.02. The summed E-state index contributed by atoms with van der Waals surface area (Å²) >= 11 is 3.27. The van der Waals surface area contributed by atoms with Crippen LogP contribution < -0.4 is 11.1 Å². The molecule has 0 radical (unpaired) electrons. The van der Waals surface area contributed by atoms with Gasteiger partial charge in [0.2, 0.25) is 5.91 Å². The summed E-state index contributed by atoms with van der Waals surface area (Å²) in [4.78, 5) is 25.8.